The molecule has 4 N–H and O–H groups in total. The van der Waals surface area contributed by atoms with E-state index in [0.29, 0.717) is 12.8 Å². The second-order valence-electron chi connectivity index (χ2n) is 18.1. The van der Waals surface area contributed by atoms with Gasteiger partial charge in [-0.2, -0.15) is 0 Å². The molecule has 0 saturated heterocycles. The highest BCUT2D eigenvalue weighted by Crippen LogP contribution is 2.16. The topological polar surface area (TPSA) is 89.8 Å². The van der Waals surface area contributed by atoms with Gasteiger partial charge in [0.2, 0.25) is 5.91 Å². The average molecular weight is 818 g/mol. The molecule has 58 heavy (non-hydrogen) atoms. The highest BCUT2D eigenvalue weighted by Gasteiger charge is 2.26. The lowest BCUT2D eigenvalue weighted by molar-refractivity contribution is -0.124. The Kier molecular flexibility index (Phi) is 47.5. The summed E-state index contributed by atoms with van der Waals surface area (Å²) in [7, 11) is 0. The van der Waals surface area contributed by atoms with Crippen molar-refractivity contribution >= 4 is 5.91 Å². The Morgan fingerprint density at radius 2 is 0.690 bits per heavy atom. The minimum atomic E-state index is -1.16. The molecule has 3 unspecified atom stereocenters. The fourth-order valence-corrected chi connectivity index (χ4v) is 8.22. The van der Waals surface area contributed by atoms with Gasteiger partial charge in [-0.1, -0.05) is 237 Å². The molecule has 1 amide bonds. The van der Waals surface area contributed by atoms with Gasteiger partial charge in [-0.05, 0) is 64.2 Å². The van der Waals surface area contributed by atoms with Crippen LogP contribution in [0.2, 0.25) is 0 Å². The normalized spacial score (nSPS) is 13.5. The fraction of sp³-hybridized carbons (Fsp3) is 0.906. The molecule has 0 aliphatic heterocycles. The number of aliphatic hydroxyl groups is 3. The van der Waals surface area contributed by atoms with Crippen LogP contribution in [-0.2, 0) is 4.79 Å². The molecule has 0 aliphatic carbocycles. The van der Waals surface area contributed by atoms with E-state index in [1.54, 1.807) is 0 Å². The van der Waals surface area contributed by atoms with Crippen LogP contribution in [0.4, 0.5) is 0 Å². The molecular weight excluding hydrogens is 715 g/mol. The zero-order chi connectivity index (χ0) is 42.3. The lowest BCUT2D eigenvalue weighted by atomic mass is 10.0. The minimum absolute atomic E-state index is 0.151. The van der Waals surface area contributed by atoms with Crippen molar-refractivity contribution in [2.24, 2.45) is 0 Å². The number of hydrogen-bond acceptors (Lipinski definition) is 4. The largest absolute Gasteiger partial charge is 0.394 e. The number of amides is 1. The second-order valence-corrected chi connectivity index (χ2v) is 18.1. The number of rotatable bonds is 48. The van der Waals surface area contributed by atoms with Crippen molar-refractivity contribution in [1.29, 1.82) is 0 Å². The van der Waals surface area contributed by atoms with Gasteiger partial charge in [-0.15, -0.1) is 0 Å². The summed E-state index contributed by atoms with van der Waals surface area (Å²) in [5.74, 6) is -0.151. The van der Waals surface area contributed by atoms with Gasteiger partial charge in [0, 0.05) is 6.42 Å². The smallest absolute Gasteiger partial charge is 0.220 e. The summed E-state index contributed by atoms with van der Waals surface area (Å²) in [5, 5.41) is 33.6. The first-order valence-electron chi connectivity index (χ1n) is 26.1. The quantitative estimate of drug-likeness (QED) is 0.0364. The van der Waals surface area contributed by atoms with Crippen molar-refractivity contribution in [2.75, 3.05) is 6.61 Å². The van der Waals surface area contributed by atoms with Crippen LogP contribution < -0.4 is 5.32 Å². The molecule has 5 nitrogen and oxygen atoms in total. The molecule has 0 fully saturated rings. The van der Waals surface area contributed by atoms with Crippen LogP contribution in [0.1, 0.15) is 284 Å². The van der Waals surface area contributed by atoms with Crippen molar-refractivity contribution in [1.82, 2.24) is 5.32 Å². The Hall–Kier alpha value is -1.17. The monoisotopic (exact) mass is 818 g/mol. The van der Waals surface area contributed by atoms with Crippen LogP contribution in [0.3, 0.4) is 0 Å². The maximum atomic E-state index is 12.5. The molecule has 0 aromatic heterocycles. The van der Waals surface area contributed by atoms with E-state index < -0.39 is 18.2 Å². The molecular formula is C53H103NO4. The lowest BCUT2D eigenvalue weighted by Crippen LogP contribution is -2.50. The van der Waals surface area contributed by atoms with Crippen LogP contribution >= 0.6 is 0 Å². The number of hydrogen-bond donors (Lipinski definition) is 4. The predicted molar refractivity (Wildman–Crippen MR) is 255 cm³/mol. The van der Waals surface area contributed by atoms with Crippen LogP contribution in [0, 0.1) is 0 Å². The molecule has 344 valence electrons. The first kappa shape index (κ1) is 56.8. The van der Waals surface area contributed by atoms with Gasteiger partial charge in [-0.25, -0.2) is 0 Å². The molecule has 0 aromatic carbocycles. The SMILES string of the molecule is CCCCCCCCCCCCC/C=C/CCCC(O)C(O)C(CO)NC(=O)CCCCCCCCCCCCCC/C=C\CCCCCCCCCCCCCC. The summed E-state index contributed by atoms with van der Waals surface area (Å²) < 4.78 is 0. The molecule has 0 spiro atoms. The van der Waals surface area contributed by atoms with Crippen LogP contribution in [0.15, 0.2) is 24.3 Å². The Morgan fingerprint density at radius 1 is 0.414 bits per heavy atom. The van der Waals surface area contributed by atoms with Crippen molar-refractivity contribution < 1.29 is 20.1 Å². The molecule has 3 atom stereocenters. The van der Waals surface area contributed by atoms with Gasteiger partial charge in [0.1, 0.15) is 6.10 Å². The molecule has 0 rings (SSSR count). The fourth-order valence-electron chi connectivity index (χ4n) is 8.22. The summed E-state index contributed by atoms with van der Waals surface area (Å²) in [4.78, 5) is 12.5. The van der Waals surface area contributed by atoms with E-state index in [-0.39, 0.29) is 12.5 Å². The van der Waals surface area contributed by atoms with Crippen LogP contribution in [-0.4, -0.2) is 46.1 Å². The summed E-state index contributed by atoms with van der Waals surface area (Å²) in [6.45, 7) is 4.19. The number of unbranched alkanes of at least 4 members (excludes halogenated alkanes) is 36. The van der Waals surface area contributed by atoms with E-state index in [9.17, 15) is 20.1 Å². The Labute approximate surface area is 362 Å². The third kappa shape index (κ3) is 42.9. The summed E-state index contributed by atoms with van der Waals surface area (Å²) in [6, 6.07) is -0.824. The zero-order valence-electron chi connectivity index (χ0n) is 39.2. The third-order valence-electron chi connectivity index (χ3n) is 12.3. The van der Waals surface area contributed by atoms with Crippen molar-refractivity contribution in [3.63, 3.8) is 0 Å². The number of nitrogens with one attached hydrogen (secondary N) is 1. The van der Waals surface area contributed by atoms with Gasteiger partial charge < -0.3 is 20.6 Å². The molecule has 0 aliphatic rings. The van der Waals surface area contributed by atoms with E-state index >= 15 is 0 Å². The summed E-state index contributed by atoms with van der Waals surface area (Å²) in [5.41, 5.74) is 0. The van der Waals surface area contributed by atoms with E-state index in [2.05, 4.69) is 43.5 Å². The minimum Gasteiger partial charge on any atom is -0.394 e. The van der Waals surface area contributed by atoms with Gasteiger partial charge in [0.15, 0.2) is 0 Å². The number of carbonyl (C=O) groups is 1. The van der Waals surface area contributed by atoms with Crippen LogP contribution in [0.25, 0.3) is 0 Å². The van der Waals surface area contributed by atoms with Crippen molar-refractivity contribution in [3.05, 3.63) is 24.3 Å². The Bertz CT molecular complexity index is 859. The zero-order valence-corrected chi connectivity index (χ0v) is 39.2. The first-order chi connectivity index (χ1) is 28.6. The van der Waals surface area contributed by atoms with Crippen LogP contribution in [0.5, 0.6) is 0 Å². The second kappa shape index (κ2) is 48.5. The molecule has 0 bridgehead atoms. The van der Waals surface area contributed by atoms with E-state index in [1.807, 2.05) is 0 Å². The van der Waals surface area contributed by atoms with Gasteiger partial charge in [0.05, 0.1) is 18.8 Å². The molecule has 5 heteroatoms. The third-order valence-corrected chi connectivity index (χ3v) is 12.3. The molecule has 0 aromatic rings. The predicted octanol–water partition coefficient (Wildman–Crippen LogP) is 15.7. The molecule has 0 heterocycles. The summed E-state index contributed by atoms with van der Waals surface area (Å²) >= 11 is 0. The maximum Gasteiger partial charge on any atom is 0.220 e. The van der Waals surface area contributed by atoms with Crippen molar-refractivity contribution in [2.45, 2.75) is 302 Å². The van der Waals surface area contributed by atoms with E-state index in [1.165, 1.54) is 218 Å². The lowest BCUT2D eigenvalue weighted by Gasteiger charge is -2.26. The van der Waals surface area contributed by atoms with E-state index in [0.717, 1.165) is 38.5 Å². The van der Waals surface area contributed by atoms with Gasteiger partial charge in [-0.3, -0.25) is 4.79 Å². The number of allylic oxidation sites excluding steroid dienone is 4. The van der Waals surface area contributed by atoms with Gasteiger partial charge >= 0.3 is 0 Å². The standard InChI is InChI=1S/C53H103NO4/c1-3-5-7-9-11-13-15-17-19-21-22-23-24-25-26-27-28-29-30-31-32-34-36-38-40-42-44-46-48-52(57)54-50(49-55)53(58)51(56)47-45-43-41-39-37-35-33-20-18-16-14-12-10-8-6-4-2/h25-26,39,41,50-51,53,55-56,58H,3-24,27-38,40,42-49H2,1-2H3,(H,54,57)/b26-25-,41-39+. The Balaban J connectivity index is 3.55. The van der Waals surface area contributed by atoms with Crippen molar-refractivity contribution in [3.8, 4) is 0 Å². The molecule has 0 saturated carbocycles. The van der Waals surface area contributed by atoms with Gasteiger partial charge in [0.25, 0.3) is 0 Å². The maximum absolute atomic E-state index is 12.5. The average Bonchev–Trinajstić information content (AvgIpc) is 3.23. The number of carbonyl (C=O) groups excluding carboxylic acids is 1. The highest BCUT2D eigenvalue weighted by molar-refractivity contribution is 5.76. The Morgan fingerprint density at radius 3 is 1.00 bits per heavy atom. The number of aliphatic hydroxyl groups excluding tert-OH is 3. The first-order valence-corrected chi connectivity index (χ1v) is 26.1. The summed E-state index contributed by atoms with van der Waals surface area (Å²) in [6.07, 6.45) is 60.4. The highest BCUT2D eigenvalue weighted by atomic mass is 16.3. The van der Waals surface area contributed by atoms with E-state index in [4.69, 9.17) is 0 Å². The molecule has 0 radical (unpaired) electrons.